The van der Waals surface area contributed by atoms with Gasteiger partial charge in [-0.05, 0) is 64.0 Å². The summed E-state index contributed by atoms with van der Waals surface area (Å²) in [5.41, 5.74) is 1.35. The second kappa shape index (κ2) is 13.8. The molecule has 1 aliphatic heterocycles. The van der Waals surface area contributed by atoms with E-state index in [9.17, 15) is 14.7 Å². The lowest BCUT2D eigenvalue weighted by Gasteiger charge is -2.35. The molecular weight excluding hydrogens is 480 g/mol. The molecule has 2 aromatic carbocycles. The first-order valence-electron chi connectivity index (χ1n) is 13.7. The number of esters is 1. The Bertz CT molecular complexity index is 1010. The van der Waals surface area contributed by atoms with E-state index in [0.717, 1.165) is 24.0 Å². The first-order valence-corrected chi connectivity index (χ1v) is 13.7. The number of rotatable bonds is 11. The molecule has 7 heteroatoms. The number of nitrogens with one attached hydrogen (secondary N) is 1. The third-order valence-corrected chi connectivity index (χ3v) is 7.06. The van der Waals surface area contributed by atoms with Gasteiger partial charge in [-0.2, -0.15) is 0 Å². The third kappa shape index (κ3) is 8.84. The fraction of sp³-hybridized carbons (Fsp3) is 0.548. The highest BCUT2D eigenvalue weighted by Gasteiger charge is 2.47. The third-order valence-electron chi connectivity index (χ3n) is 7.06. The van der Waals surface area contributed by atoms with Gasteiger partial charge in [0.25, 0.3) is 0 Å². The molecule has 2 unspecified atom stereocenters. The molecule has 1 saturated heterocycles. The lowest BCUT2D eigenvalue weighted by molar-refractivity contribution is -0.161. The van der Waals surface area contributed by atoms with E-state index < -0.39 is 23.8 Å². The first-order chi connectivity index (χ1) is 18.1. The van der Waals surface area contributed by atoms with Gasteiger partial charge in [-0.15, -0.1) is 0 Å². The minimum absolute atomic E-state index is 0.0327. The molecule has 7 nitrogen and oxygen atoms in total. The number of alkyl carbamates (subject to hydrolysis) is 1. The van der Waals surface area contributed by atoms with E-state index >= 15 is 0 Å². The van der Waals surface area contributed by atoms with Crippen LogP contribution in [0.5, 0.6) is 0 Å². The number of carbonyl (C=O) groups excluding carboxylic acids is 2. The van der Waals surface area contributed by atoms with Crippen LogP contribution in [0.2, 0.25) is 0 Å². The van der Waals surface area contributed by atoms with Crippen molar-refractivity contribution in [2.24, 2.45) is 5.92 Å². The second-order valence-electron chi connectivity index (χ2n) is 11.3. The highest BCUT2D eigenvalue weighted by atomic mass is 16.6. The van der Waals surface area contributed by atoms with E-state index in [1.54, 1.807) is 0 Å². The van der Waals surface area contributed by atoms with E-state index in [2.05, 4.69) is 17.1 Å². The number of aliphatic hydroxyl groups is 1. The Balaban J connectivity index is 1.87. The van der Waals surface area contributed by atoms with Gasteiger partial charge in [-0.1, -0.05) is 74.0 Å². The van der Waals surface area contributed by atoms with Crippen molar-refractivity contribution in [2.75, 3.05) is 0 Å². The summed E-state index contributed by atoms with van der Waals surface area (Å²) in [6, 6.07) is 18.5. The monoisotopic (exact) mass is 524 g/mol. The predicted molar refractivity (Wildman–Crippen MR) is 148 cm³/mol. The molecule has 1 heterocycles. The second-order valence-corrected chi connectivity index (χ2v) is 11.3. The van der Waals surface area contributed by atoms with Crippen molar-refractivity contribution >= 4 is 12.1 Å². The minimum atomic E-state index is -0.629. The fourth-order valence-corrected chi connectivity index (χ4v) is 5.23. The Hall–Kier alpha value is -2.90. The molecular formula is C31H44N2O5. The summed E-state index contributed by atoms with van der Waals surface area (Å²) in [7, 11) is 0. The quantitative estimate of drug-likeness (QED) is 0.380. The van der Waals surface area contributed by atoms with Gasteiger partial charge >= 0.3 is 12.1 Å². The predicted octanol–water partition coefficient (Wildman–Crippen LogP) is 5.45. The lowest BCUT2D eigenvalue weighted by atomic mass is 9.88. The maximum absolute atomic E-state index is 13.4. The number of carbonyl (C=O) groups is 2. The smallest absolute Gasteiger partial charge is 0.407 e. The van der Waals surface area contributed by atoms with Crippen LogP contribution in [0.15, 0.2) is 60.7 Å². The number of benzene rings is 2. The first kappa shape index (κ1) is 29.7. The maximum atomic E-state index is 13.4. The summed E-state index contributed by atoms with van der Waals surface area (Å²) in [5, 5.41) is 13.6. The molecule has 0 radical (unpaired) electrons. The summed E-state index contributed by atoms with van der Waals surface area (Å²) >= 11 is 0. The average molecular weight is 525 g/mol. The topological polar surface area (TPSA) is 88.1 Å². The number of aliphatic hydroxyl groups excluding tert-OH is 1. The Morgan fingerprint density at radius 2 is 1.66 bits per heavy atom. The van der Waals surface area contributed by atoms with E-state index in [-0.39, 0.29) is 30.6 Å². The Morgan fingerprint density at radius 3 is 2.21 bits per heavy atom. The van der Waals surface area contributed by atoms with Crippen molar-refractivity contribution in [2.45, 2.75) is 103 Å². The number of nitrogens with zero attached hydrogens (tertiary/aromatic N) is 1. The molecule has 38 heavy (non-hydrogen) atoms. The SMILES string of the molecule is CCCC(C[C@@H]1[C@H](NC(=O)OCc2ccccc2)C[C@H](C(=O)OC(C)(C)C)N1Cc1ccccc1)C(C)O. The van der Waals surface area contributed by atoms with Gasteiger partial charge in [-0.3, -0.25) is 9.69 Å². The standard InChI is InChI=1S/C31H44N2O5/c1-6-13-25(22(2)34)18-27-26(32-30(36)37-21-24-16-11-8-12-17-24)19-28(29(35)38-31(3,4)5)33(27)20-23-14-9-7-10-15-23/h7-12,14-17,22,25-28,34H,6,13,18-21H2,1-5H3,(H,32,36)/t22?,25?,26-,27-,28-/m1/s1. The number of amides is 1. The van der Waals surface area contributed by atoms with Crippen LogP contribution in [0.4, 0.5) is 4.79 Å². The van der Waals surface area contributed by atoms with E-state index in [1.807, 2.05) is 88.4 Å². The van der Waals surface area contributed by atoms with E-state index in [0.29, 0.717) is 19.4 Å². The van der Waals surface area contributed by atoms with Crippen LogP contribution >= 0.6 is 0 Å². The highest BCUT2D eigenvalue weighted by Crippen LogP contribution is 2.34. The maximum Gasteiger partial charge on any atom is 0.407 e. The molecule has 1 fully saturated rings. The zero-order valence-corrected chi connectivity index (χ0v) is 23.4. The highest BCUT2D eigenvalue weighted by molar-refractivity contribution is 5.77. The van der Waals surface area contributed by atoms with Crippen molar-refractivity contribution in [3.8, 4) is 0 Å². The van der Waals surface area contributed by atoms with Crippen LogP contribution in [0, 0.1) is 5.92 Å². The lowest BCUT2D eigenvalue weighted by Crippen LogP contribution is -2.48. The molecule has 2 aromatic rings. The van der Waals surface area contributed by atoms with Gasteiger partial charge in [-0.25, -0.2) is 4.79 Å². The summed E-state index contributed by atoms with van der Waals surface area (Å²) in [4.78, 5) is 28.5. The van der Waals surface area contributed by atoms with Crippen LogP contribution in [0.1, 0.15) is 71.4 Å². The Morgan fingerprint density at radius 1 is 1.05 bits per heavy atom. The van der Waals surface area contributed by atoms with Gasteiger partial charge in [0.2, 0.25) is 0 Å². The van der Waals surface area contributed by atoms with Crippen molar-refractivity contribution in [3.05, 3.63) is 71.8 Å². The largest absolute Gasteiger partial charge is 0.459 e. The molecule has 0 spiro atoms. The molecule has 208 valence electrons. The normalized spacial score (nSPS) is 21.5. The zero-order chi connectivity index (χ0) is 27.7. The average Bonchev–Trinajstić information content (AvgIpc) is 3.19. The molecule has 0 aromatic heterocycles. The summed E-state index contributed by atoms with van der Waals surface area (Å²) < 4.78 is 11.4. The van der Waals surface area contributed by atoms with Crippen molar-refractivity contribution in [3.63, 3.8) is 0 Å². The van der Waals surface area contributed by atoms with Gasteiger partial charge in [0.05, 0.1) is 6.10 Å². The Labute approximate surface area is 227 Å². The van der Waals surface area contributed by atoms with Crippen LogP contribution in [0.25, 0.3) is 0 Å². The van der Waals surface area contributed by atoms with Gasteiger partial charge in [0.15, 0.2) is 0 Å². The number of hydrogen-bond acceptors (Lipinski definition) is 6. The van der Waals surface area contributed by atoms with E-state index in [1.165, 1.54) is 0 Å². The molecule has 3 rings (SSSR count). The fourth-order valence-electron chi connectivity index (χ4n) is 5.23. The van der Waals surface area contributed by atoms with Crippen molar-refractivity contribution < 1.29 is 24.2 Å². The molecule has 2 N–H and O–H groups in total. The molecule has 0 bridgehead atoms. The number of hydrogen-bond donors (Lipinski definition) is 2. The molecule has 1 amide bonds. The molecule has 0 aliphatic carbocycles. The number of ether oxygens (including phenoxy) is 2. The van der Waals surface area contributed by atoms with Gasteiger partial charge in [0, 0.05) is 18.6 Å². The van der Waals surface area contributed by atoms with E-state index in [4.69, 9.17) is 9.47 Å². The molecule has 5 atom stereocenters. The van der Waals surface area contributed by atoms with Crippen LogP contribution in [0.3, 0.4) is 0 Å². The van der Waals surface area contributed by atoms with Gasteiger partial charge in [0.1, 0.15) is 18.2 Å². The number of likely N-dealkylation sites (tertiary alicyclic amines) is 1. The van der Waals surface area contributed by atoms with Crippen LogP contribution in [-0.2, 0) is 27.4 Å². The van der Waals surface area contributed by atoms with Crippen LogP contribution < -0.4 is 5.32 Å². The van der Waals surface area contributed by atoms with Crippen LogP contribution in [-0.4, -0.2) is 51.9 Å². The Kier molecular flexibility index (Phi) is 10.7. The molecule has 1 aliphatic rings. The zero-order valence-electron chi connectivity index (χ0n) is 23.4. The summed E-state index contributed by atoms with van der Waals surface area (Å²) in [6.07, 6.45) is 1.83. The van der Waals surface area contributed by atoms with Crippen molar-refractivity contribution in [1.82, 2.24) is 10.2 Å². The summed E-state index contributed by atoms with van der Waals surface area (Å²) in [6.45, 7) is 10.2. The van der Waals surface area contributed by atoms with Crippen molar-refractivity contribution in [1.29, 1.82) is 0 Å². The molecule has 0 saturated carbocycles. The minimum Gasteiger partial charge on any atom is -0.459 e. The summed E-state index contributed by atoms with van der Waals surface area (Å²) in [5.74, 6) is -0.269. The van der Waals surface area contributed by atoms with Gasteiger partial charge < -0.3 is 19.9 Å².